The highest BCUT2D eigenvalue weighted by Gasteiger charge is 2.53. The van der Waals surface area contributed by atoms with Crippen LogP contribution in [0, 0.1) is 0 Å². The number of nitrogens with zero attached hydrogens (tertiary/aromatic N) is 3. The van der Waals surface area contributed by atoms with E-state index < -0.39 is 18.1 Å². The van der Waals surface area contributed by atoms with Crippen LogP contribution in [0.1, 0.15) is 47.5 Å². The van der Waals surface area contributed by atoms with Gasteiger partial charge in [-0.3, -0.25) is 0 Å². The number of methoxy groups -OCH3 is 1. The van der Waals surface area contributed by atoms with Crippen LogP contribution in [-0.2, 0) is 22.8 Å². The first kappa shape index (κ1) is 21.8. The molecule has 2 aromatic heterocycles. The number of hydrogen-bond acceptors (Lipinski definition) is 6. The summed E-state index contributed by atoms with van der Waals surface area (Å²) in [4.78, 5) is 0.530. The number of piperidine rings is 1. The number of hydrogen-bond donors (Lipinski definition) is 1. The lowest BCUT2D eigenvalue weighted by Crippen LogP contribution is -2.51. The number of thiophene rings is 1. The third-order valence-corrected chi connectivity index (χ3v) is 7.56. The lowest BCUT2D eigenvalue weighted by atomic mass is 9.78. The second-order valence-corrected chi connectivity index (χ2v) is 10.2. The highest BCUT2D eigenvalue weighted by atomic mass is 35.5. The fourth-order valence-corrected chi connectivity index (χ4v) is 6.12. The van der Waals surface area contributed by atoms with Crippen LogP contribution in [0.25, 0.3) is 0 Å². The Kier molecular flexibility index (Phi) is 5.48. The SMILES string of the molecule is COc1ccc(Cn2cc([C@@H]3C[C@]4(C[C@H](C)N3)OCC(F)(F)c3cc(Cl)sc34)nn2)cc1. The Bertz CT molecular complexity index is 1120. The van der Waals surface area contributed by atoms with Gasteiger partial charge in [0.1, 0.15) is 18.0 Å². The maximum atomic E-state index is 14.5. The van der Waals surface area contributed by atoms with E-state index >= 15 is 0 Å². The molecule has 3 atom stereocenters. The lowest BCUT2D eigenvalue weighted by molar-refractivity contribution is -0.183. The van der Waals surface area contributed by atoms with Crippen LogP contribution >= 0.6 is 22.9 Å². The molecule has 1 fully saturated rings. The number of alkyl halides is 2. The minimum atomic E-state index is -3.03. The summed E-state index contributed by atoms with van der Waals surface area (Å²) in [6, 6.07) is 9.02. The second-order valence-electron chi connectivity index (χ2n) is 8.50. The van der Waals surface area contributed by atoms with E-state index in [1.807, 2.05) is 37.4 Å². The molecule has 0 unspecified atom stereocenters. The number of rotatable bonds is 4. The molecule has 1 saturated heterocycles. The summed E-state index contributed by atoms with van der Waals surface area (Å²) in [5, 5.41) is 12.2. The summed E-state index contributed by atoms with van der Waals surface area (Å²) in [5.41, 5.74) is 1.01. The molecular weight excluding hydrogens is 458 g/mol. The van der Waals surface area contributed by atoms with Crippen LogP contribution in [0.15, 0.2) is 36.5 Å². The minimum Gasteiger partial charge on any atom is -0.497 e. The third kappa shape index (κ3) is 3.91. The predicted molar refractivity (Wildman–Crippen MR) is 118 cm³/mol. The molecule has 170 valence electrons. The monoisotopic (exact) mass is 480 g/mol. The van der Waals surface area contributed by atoms with Gasteiger partial charge in [-0.2, -0.15) is 8.78 Å². The van der Waals surface area contributed by atoms with E-state index in [-0.39, 0.29) is 17.6 Å². The molecule has 5 rings (SSSR count). The van der Waals surface area contributed by atoms with Crippen molar-refractivity contribution in [3.63, 3.8) is 0 Å². The van der Waals surface area contributed by atoms with Crippen LogP contribution < -0.4 is 10.1 Å². The Hall–Kier alpha value is -2.07. The highest BCUT2D eigenvalue weighted by Crippen LogP contribution is 2.54. The molecule has 0 aliphatic carbocycles. The first-order valence-electron chi connectivity index (χ1n) is 10.4. The molecule has 10 heteroatoms. The normalized spacial score (nSPS) is 26.8. The van der Waals surface area contributed by atoms with Gasteiger partial charge >= 0.3 is 0 Å². The molecule has 3 aromatic rings. The first-order valence-corrected chi connectivity index (χ1v) is 11.6. The molecular formula is C22H23ClF2N4O2S. The molecule has 0 amide bonds. The second kappa shape index (κ2) is 8.06. The van der Waals surface area contributed by atoms with Crippen molar-refractivity contribution < 1.29 is 18.3 Å². The Morgan fingerprint density at radius 1 is 1.31 bits per heavy atom. The summed E-state index contributed by atoms with van der Waals surface area (Å²) in [5.74, 6) is -2.24. The number of fused-ring (bicyclic) bond motifs is 2. The summed E-state index contributed by atoms with van der Waals surface area (Å²) in [6.07, 6.45) is 2.97. The zero-order chi connectivity index (χ0) is 22.5. The molecule has 0 saturated carbocycles. The maximum Gasteiger partial charge on any atom is 0.297 e. The van der Waals surface area contributed by atoms with Crippen LogP contribution in [0.3, 0.4) is 0 Å². The van der Waals surface area contributed by atoms with E-state index in [0.29, 0.717) is 28.6 Å². The lowest BCUT2D eigenvalue weighted by Gasteiger charge is -2.47. The van der Waals surface area contributed by atoms with Gasteiger partial charge < -0.3 is 14.8 Å². The summed E-state index contributed by atoms with van der Waals surface area (Å²) in [7, 11) is 1.63. The zero-order valence-corrected chi connectivity index (χ0v) is 19.2. The molecule has 0 radical (unpaired) electrons. The number of ether oxygens (including phenoxy) is 2. The molecule has 32 heavy (non-hydrogen) atoms. The van der Waals surface area contributed by atoms with Crippen molar-refractivity contribution in [1.82, 2.24) is 20.3 Å². The van der Waals surface area contributed by atoms with Crippen LogP contribution in [0.5, 0.6) is 5.75 Å². The van der Waals surface area contributed by atoms with Crippen LogP contribution in [0.2, 0.25) is 4.34 Å². The quantitative estimate of drug-likeness (QED) is 0.576. The van der Waals surface area contributed by atoms with Gasteiger partial charge in [0, 0.05) is 22.9 Å². The number of aromatic nitrogens is 3. The van der Waals surface area contributed by atoms with E-state index in [1.165, 1.54) is 17.4 Å². The zero-order valence-electron chi connectivity index (χ0n) is 17.6. The average molecular weight is 481 g/mol. The Morgan fingerprint density at radius 3 is 2.84 bits per heavy atom. The average Bonchev–Trinajstić information content (AvgIpc) is 3.39. The Morgan fingerprint density at radius 2 is 2.09 bits per heavy atom. The molecule has 2 aliphatic heterocycles. The fourth-order valence-electron chi connectivity index (χ4n) is 4.67. The van der Waals surface area contributed by atoms with E-state index in [2.05, 4.69) is 15.6 Å². The van der Waals surface area contributed by atoms with Crippen molar-refractivity contribution in [1.29, 1.82) is 0 Å². The van der Waals surface area contributed by atoms with Gasteiger partial charge in [-0.15, -0.1) is 16.4 Å². The summed E-state index contributed by atoms with van der Waals surface area (Å²) in [6.45, 7) is 1.95. The van der Waals surface area contributed by atoms with Gasteiger partial charge in [-0.05, 0) is 37.1 Å². The minimum absolute atomic E-state index is 0.00485. The van der Waals surface area contributed by atoms with Gasteiger partial charge in [-0.25, -0.2) is 4.68 Å². The van der Waals surface area contributed by atoms with Crippen molar-refractivity contribution >= 4 is 22.9 Å². The molecule has 1 aromatic carbocycles. The molecule has 2 aliphatic rings. The molecule has 1 spiro atoms. The van der Waals surface area contributed by atoms with Crippen molar-refractivity contribution in [2.75, 3.05) is 13.7 Å². The number of benzene rings is 1. The topological polar surface area (TPSA) is 61.2 Å². The standard InChI is InChI=1S/C22H23ClF2N4O2S/c1-13-8-21(20-16(7-19(23)32-20)22(24,25)12-31-21)9-17(26-13)18-11-29(28-27-18)10-14-3-5-15(30-2)6-4-14/h3-7,11,13,17,26H,8-10,12H2,1-2H3/t13-,17-,21-/m0/s1. The number of halogens is 3. The highest BCUT2D eigenvalue weighted by molar-refractivity contribution is 7.16. The van der Waals surface area contributed by atoms with Gasteiger partial charge in [0.15, 0.2) is 0 Å². The predicted octanol–water partition coefficient (Wildman–Crippen LogP) is 4.88. The van der Waals surface area contributed by atoms with Gasteiger partial charge in [-0.1, -0.05) is 28.9 Å². The van der Waals surface area contributed by atoms with Crippen molar-refractivity contribution in [2.45, 2.75) is 49.9 Å². The largest absolute Gasteiger partial charge is 0.497 e. The van der Waals surface area contributed by atoms with Crippen LogP contribution in [0.4, 0.5) is 8.78 Å². The molecule has 0 bridgehead atoms. The fraction of sp³-hybridized carbons (Fsp3) is 0.455. The summed E-state index contributed by atoms with van der Waals surface area (Å²) < 4.78 is 42.2. The van der Waals surface area contributed by atoms with Gasteiger partial charge in [0.05, 0.1) is 35.9 Å². The van der Waals surface area contributed by atoms with Crippen molar-refractivity contribution in [2.24, 2.45) is 0 Å². The molecule has 4 heterocycles. The molecule has 6 nitrogen and oxygen atoms in total. The Balaban J connectivity index is 1.40. The van der Waals surface area contributed by atoms with Crippen molar-refractivity contribution in [3.8, 4) is 5.75 Å². The number of nitrogens with one attached hydrogen (secondary N) is 1. The van der Waals surface area contributed by atoms with Gasteiger partial charge in [0.2, 0.25) is 0 Å². The smallest absolute Gasteiger partial charge is 0.297 e. The van der Waals surface area contributed by atoms with E-state index in [9.17, 15) is 8.78 Å². The molecule has 1 N–H and O–H groups in total. The van der Waals surface area contributed by atoms with E-state index in [0.717, 1.165) is 17.0 Å². The maximum absolute atomic E-state index is 14.5. The van der Waals surface area contributed by atoms with Crippen molar-refractivity contribution in [3.05, 3.63) is 62.6 Å². The Labute approximate surface area is 193 Å². The van der Waals surface area contributed by atoms with Crippen LogP contribution in [-0.4, -0.2) is 34.8 Å². The van der Waals surface area contributed by atoms with E-state index in [4.69, 9.17) is 21.1 Å². The first-order chi connectivity index (χ1) is 15.3. The summed E-state index contributed by atoms with van der Waals surface area (Å²) >= 11 is 7.34. The van der Waals surface area contributed by atoms with E-state index in [1.54, 1.807) is 11.8 Å². The third-order valence-electron chi connectivity index (χ3n) is 6.11. The van der Waals surface area contributed by atoms with Gasteiger partial charge in [0.25, 0.3) is 5.92 Å².